The lowest BCUT2D eigenvalue weighted by Crippen LogP contribution is -2.45. The van der Waals surface area contributed by atoms with Crippen LogP contribution in [0.3, 0.4) is 0 Å². The Bertz CT molecular complexity index is 781. The summed E-state index contributed by atoms with van der Waals surface area (Å²) in [5, 5.41) is 15.2. The first-order valence-electron chi connectivity index (χ1n) is 7.59. The van der Waals surface area contributed by atoms with Gasteiger partial charge in [0.15, 0.2) is 5.82 Å². The van der Waals surface area contributed by atoms with Crippen LogP contribution < -0.4 is 10.8 Å². The van der Waals surface area contributed by atoms with Crippen LogP contribution >= 0.6 is 11.6 Å². The lowest BCUT2D eigenvalue weighted by molar-refractivity contribution is -0.266. The van der Waals surface area contributed by atoms with Crippen LogP contribution in [0.1, 0.15) is 31.0 Å². The van der Waals surface area contributed by atoms with Crippen LogP contribution in [-0.2, 0) is 0 Å². The summed E-state index contributed by atoms with van der Waals surface area (Å²) in [4.78, 5) is 16.2. The summed E-state index contributed by atoms with van der Waals surface area (Å²) in [5.74, 6) is 0.0401. The zero-order valence-corrected chi connectivity index (χ0v) is 13.7. The number of hydrogen-bond donors (Lipinski definition) is 1. The third-order valence-corrected chi connectivity index (χ3v) is 4.31. The molecule has 1 aliphatic rings. The molecule has 1 heterocycles. The fraction of sp³-hybridized carbons (Fsp3) is 0.400. The Morgan fingerprint density at radius 2 is 2.20 bits per heavy atom. The molecule has 0 aliphatic heterocycles. The number of halogens is 3. The Kier molecular flexibility index (Phi) is 4.87. The van der Waals surface area contributed by atoms with E-state index in [1.165, 1.54) is 4.90 Å². The highest BCUT2D eigenvalue weighted by Crippen LogP contribution is 2.31. The normalized spacial score (nSPS) is 15.4. The smallest absolute Gasteiger partial charge is 0.334 e. The zero-order valence-electron chi connectivity index (χ0n) is 13.0. The van der Waals surface area contributed by atoms with E-state index in [2.05, 4.69) is 10.1 Å². The number of carbonyl (C=O) groups is 1. The molecule has 1 aromatic carbocycles. The van der Waals surface area contributed by atoms with E-state index in [0.29, 0.717) is 15.8 Å². The van der Waals surface area contributed by atoms with Crippen molar-refractivity contribution in [2.45, 2.75) is 31.5 Å². The summed E-state index contributed by atoms with van der Waals surface area (Å²) in [5.41, 5.74) is 7.05. The summed E-state index contributed by atoms with van der Waals surface area (Å²) < 4.78 is 25.7. The van der Waals surface area contributed by atoms with Gasteiger partial charge in [-0.15, -0.1) is 5.10 Å². The molecule has 0 bridgehead atoms. The molecule has 0 spiro atoms. The van der Waals surface area contributed by atoms with E-state index in [-0.39, 0.29) is 23.4 Å². The van der Waals surface area contributed by atoms with Crippen LogP contribution in [0.25, 0.3) is 11.4 Å². The van der Waals surface area contributed by atoms with Crippen molar-refractivity contribution in [3.63, 3.8) is 0 Å². The van der Waals surface area contributed by atoms with E-state index < -0.39 is 18.7 Å². The molecular weight excluding hydrogens is 356 g/mol. The van der Waals surface area contributed by atoms with Crippen LogP contribution in [0, 0.1) is 0 Å². The molecule has 134 valence electrons. The van der Waals surface area contributed by atoms with E-state index in [0.717, 1.165) is 19.2 Å². The third-order valence-electron chi connectivity index (χ3n) is 3.98. The number of nitrogens with two attached hydrogens (primary N) is 1. The molecule has 3 rings (SSSR count). The number of amides is 1. The fourth-order valence-electron chi connectivity index (χ4n) is 2.51. The zero-order chi connectivity index (χ0) is 18.1. The van der Waals surface area contributed by atoms with Gasteiger partial charge in [0, 0.05) is 24.2 Å². The van der Waals surface area contributed by atoms with Crippen molar-refractivity contribution in [2.24, 2.45) is 5.73 Å². The quantitative estimate of drug-likeness (QED) is 0.835. The molecule has 1 aromatic heterocycles. The maximum Gasteiger partial charge on any atom is 0.334 e. The van der Waals surface area contributed by atoms with Crippen molar-refractivity contribution in [1.82, 2.24) is 19.7 Å². The Balaban J connectivity index is 1.83. The molecule has 0 radical (unpaired) electrons. The first-order chi connectivity index (χ1) is 11.9. The molecule has 1 atom stereocenters. The minimum absolute atomic E-state index is 0.0401. The van der Waals surface area contributed by atoms with E-state index in [1.807, 2.05) is 0 Å². The van der Waals surface area contributed by atoms with Crippen molar-refractivity contribution < 1.29 is 18.7 Å². The predicted octanol–water partition coefficient (Wildman–Crippen LogP) is 1.80. The number of alkyl halides is 2. The Morgan fingerprint density at radius 3 is 2.76 bits per heavy atom. The predicted molar refractivity (Wildman–Crippen MR) is 83.8 cm³/mol. The van der Waals surface area contributed by atoms with Gasteiger partial charge in [0.2, 0.25) is 0 Å². The van der Waals surface area contributed by atoms with E-state index in [1.54, 1.807) is 18.2 Å². The summed E-state index contributed by atoms with van der Waals surface area (Å²) in [6, 6.07) is 4.12. The molecule has 1 aliphatic carbocycles. The molecule has 10 heteroatoms. The lowest BCUT2D eigenvalue weighted by Gasteiger charge is -2.28. The van der Waals surface area contributed by atoms with E-state index in [9.17, 15) is 18.7 Å². The van der Waals surface area contributed by atoms with E-state index >= 15 is 0 Å². The summed E-state index contributed by atoms with van der Waals surface area (Å²) in [6.45, 7) is -2.73. The van der Waals surface area contributed by atoms with Crippen LogP contribution in [0.2, 0.25) is 5.02 Å². The van der Waals surface area contributed by atoms with Gasteiger partial charge in [-0.3, -0.25) is 0 Å². The highest BCUT2D eigenvalue weighted by atomic mass is 35.5. The second kappa shape index (κ2) is 6.93. The number of carboxylic acid groups (broad SMARTS) is 1. The number of hydrogen-bond acceptors (Lipinski definition) is 5. The van der Waals surface area contributed by atoms with Gasteiger partial charge in [-0.1, -0.05) is 17.7 Å². The number of rotatable bonds is 6. The molecule has 0 unspecified atom stereocenters. The van der Waals surface area contributed by atoms with Crippen molar-refractivity contribution in [3.05, 3.63) is 35.1 Å². The number of benzene rings is 1. The highest BCUT2D eigenvalue weighted by molar-refractivity contribution is 6.33. The topological polar surface area (TPSA) is 100 Å². The Labute approximate surface area is 147 Å². The first-order valence-corrected chi connectivity index (χ1v) is 7.97. The SMILES string of the molecule is N[C@H](CN(C(=O)[O-])C1CC1)c1ccc(Cl)c(-c2ncn(C(F)F)n2)c1. The maximum atomic E-state index is 12.6. The van der Waals surface area contributed by atoms with Gasteiger partial charge in [-0.05, 0) is 30.5 Å². The van der Waals surface area contributed by atoms with Crippen molar-refractivity contribution >= 4 is 17.7 Å². The van der Waals surface area contributed by atoms with Gasteiger partial charge < -0.3 is 20.5 Å². The van der Waals surface area contributed by atoms with Crippen molar-refractivity contribution in [1.29, 1.82) is 0 Å². The average molecular weight is 371 g/mol. The number of nitrogens with zero attached hydrogens (tertiary/aromatic N) is 4. The average Bonchev–Trinajstić information content (AvgIpc) is 3.27. The molecule has 1 amide bonds. The van der Waals surface area contributed by atoms with Gasteiger partial charge >= 0.3 is 6.55 Å². The summed E-state index contributed by atoms with van der Waals surface area (Å²) in [7, 11) is 0. The van der Waals surface area contributed by atoms with Crippen LogP contribution in [0.5, 0.6) is 0 Å². The first kappa shape index (κ1) is 17.6. The molecule has 2 aromatic rings. The highest BCUT2D eigenvalue weighted by Gasteiger charge is 2.30. The minimum atomic E-state index is -2.80. The monoisotopic (exact) mass is 370 g/mol. The third kappa shape index (κ3) is 3.88. The standard InChI is InChI=1S/C15H16ClF2N5O2/c16-11-4-1-8(12(19)6-22(15(24)25)9-2-3-9)5-10(11)13-20-7-23(21-13)14(17)18/h1,4-5,7,9,12,14H,2-3,6,19H2,(H,24,25)/p-1/t12-/m1/s1. The molecule has 1 saturated carbocycles. The van der Waals surface area contributed by atoms with Crippen LogP contribution in [0.4, 0.5) is 13.6 Å². The van der Waals surface area contributed by atoms with Crippen molar-refractivity contribution in [3.8, 4) is 11.4 Å². The van der Waals surface area contributed by atoms with Crippen molar-refractivity contribution in [2.75, 3.05) is 6.54 Å². The van der Waals surface area contributed by atoms with Gasteiger partial charge in [0.1, 0.15) is 12.4 Å². The second-order valence-electron chi connectivity index (χ2n) is 5.82. The number of carbonyl (C=O) groups excluding carboxylic acids is 1. The fourth-order valence-corrected chi connectivity index (χ4v) is 2.72. The molecule has 1 fully saturated rings. The minimum Gasteiger partial charge on any atom is -0.530 e. The van der Waals surface area contributed by atoms with Gasteiger partial charge in [-0.25, -0.2) is 4.98 Å². The second-order valence-corrected chi connectivity index (χ2v) is 6.23. The van der Waals surface area contributed by atoms with Gasteiger partial charge in [0.05, 0.1) is 5.02 Å². The summed E-state index contributed by atoms with van der Waals surface area (Å²) >= 11 is 6.11. The lowest BCUT2D eigenvalue weighted by atomic mass is 10.0. The maximum absolute atomic E-state index is 12.6. The van der Waals surface area contributed by atoms with Crippen LogP contribution in [0.15, 0.2) is 24.5 Å². The number of aromatic nitrogens is 3. The molecule has 0 saturated heterocycles. The molecule has 7 nitrogen and oxygen atoms in total. The van der Waals surface area contributed by atoms with Gasteiger partial charge in [0.25, 0.3) is 0 Å². The Morgan fingerprint density at radius 1 is 1.48 bits per heavy atom. The largest absolute Gasteiger partial charge is 0.530 e. The molecular formula is C15H15ClF2N5O2-. The molecule has 2 N–H and O–H groups in total. The summed E-state index contributed by atoms with van der Waals surface area (Å²) in [6.07, 6.45) is 1.24. The Hall–Kier alpha value is -2.26. The molecule has 25 heavy (non-hydrogen) atoms. The van der Waals surface area contributed by atoms with Crippen LogP contribution in [-0.4, -0.2) is 38.3 Å². The van der Waals surface area contributed by atoms with Gasteiger partial charge in [-0.2, -0.15) is 13.5 Å². The van der Waals surface area contributed by atoms with E-state index in [4.69, 9.17) is 17.3 Å².